The van der Waals surface area contributed by atoms with E-state index in [1.54, 1.807) is 22.7 Å². The summed E-state index contributed by atoms with van der Waals surface area (Å²) in [5.41, 5.74) is 6.00. The van der Waals surface area contributed by atoms with E-state index in [1.807, 2.05) is 48.7 Å². The molecule has 0 amide bonds. The SMILES string of the molecule is N#Cc1ccc(-c2csc(-c3ccc(-c4cnc(-c5ccccc5)s4)cc3)n2)cc1. The number of rotatable bonds is 4. The second-order valence-electron chi connectivity index (χ2n) is 6.70. The Balaban J connectivity index is 1.37. The van der Waals surface area contributed by atoms with E-state index in [9.17, 15) is 0 Å². The Bertz CT molecular complexity index is 1330. The number of nitriles is 1. The van der Waals surface area contributed by atoms with E-state index in [1.165, 1.54) is 0 Å². The van der Waals surface area contributed by atoms with Crippen LogP contribution >= 0.6 is 22.7 Å². The lowest BCUT2D eigenvalue weighted by molar-refractivity contribution is 1.39. The molecule has 3 nitrogen and oxygen atoms in total. The molecular formula is C25H15N3S2. The third kappa shape index (κ3) is 3.67. The van der Waals surface area contributed by atoms with Crippen LogP contribution in [0.15, 0.2) is 90.4 Å². The van der Waals surface area contributed by atoms with Crippen molar-refractivity contribution >= 4 is 22.7 Å². The summed E-state index contributed by atoms with van der Waals surface area (Å²) < 4.78 is 0. The van der Waals surface area contributed by atoms with Crippen LogP contribution in [0.5, 0.6) is 0 Å². The van der Waals surface area contributed by atoms with Gasteiger partial charge in [0.1, 0.15) is 10.0 Å². The molecule has 0 saturated carbocycles. The number of hydrogen-bond acceptors (Lipinski definition) is 5. The Labute approximate surface area is 182 Å². The van der Waals surface area contributed by atoms with Crippen molar-refractivity contribution in [3.05, 3.63) is 96.0 Å². The first kappa shape index (κ1) is 18.4. The standard InChI is InChI=1S/C25H15N3S2/c26-14-17-6-8-18(9-7-17)22-16-29-25(28-22)21-12-10-19(11-13-21)23-15-27-24(30-23)20-4-2-1-3-5-20/h1-13,15-16H. The molecule has 0 fully saturated rings. The highest BCUT2D eigenvalue weighted by Crippen LogP contribution is 2.34. The quantitative estimate of drug-likeness (QED) is 0.310. The molecule has 0 aliphatic rings. The van der Waals surface area contributed by atoms with Crippen molar-refractivity contribution in [2.45, 2.75) is 0 Å². The van der Waals surface area contributed by atoms with Crippen molar-refractivity contribution in [2.24, 2.45) is 0 Å². The average molecular weight is 422 g/mol. The molecule has 0 aliphatic carbocycles. The first-order valence-electron chi connectivity index (χ1n) is 9.38. The first-order chi connectivity index (χ1) is 14.8. The van der Waals surface area contributed by atoms with E-state index in [-0.39, 0.29) is 0 Å². The molecule has 0 aliphatic heterocycles. The maximum Gasteiger partial charge on any atom is 0.124 e. The van der Waals surface area contributed by atoms with E-state index in [0.717, 1.165) is 42.8 Å². The van der Waals surface area contributed by atoms with Crippen molar-refractivity contribution in [1.82, 2.24) is 9.97 Å². The number of hydrogen-bond donors (Lipinski definition) is 0. The van der Waals surface area contributed by atoms with Gasteiger partial charge in [0.2, 0.25) is 0 Å². The van der Waals surface area contributed by atoms with Gasteiger partial charge in [0.05, 0.1) is 22.2 Å². The van der Waals surface area contributed by atoms with Crippen LogP contribution in [0.3, 0.4) is 0 Å². The number of thiazole rings is 2. The van der Waals surface area contributed by atoms with E-state index >= 15 is 0 Å². The lowest BCUT2D eigenvalue weighted by Crippen LogP contribution is -1.81. The first-order valence-corrected chi connectivity index (χ1v) is 11.1. The van der Waals surface area contributed by atoms with Gasteiger partial charge in [0.15, 0.2) is 0 Å². The predicted molar refractivity (Wildman–Crippen MR) is 124 cm³/mol. The Hall–Kier alpha value is -3.59. The summed E-state index contributed by atoms with van der Waals surface area (Å²) in [4.78, 5) is 10.5. The molecule has 5 heteroatoms. The van der Waals surface area contributed by atoms with Crippen LogP contribution in [0.1, 0.15) is 5.56 Å². The van der Waals surface area contributed by atoms with Gasteiger partial charge >= 0.3 is 0 Å². The fourth-order valence-corrected chi connectivity index (χ4v) is 4.92. The third-order valence-corrected chi connectivity index (χ3v) is 6.74. The minimum Gasteiger partial charge on any atom is -0.244 e. The summed E-state index contributed by atoms with van der Waals surface area (Å²) in [7, 11) is 0. The van der Waals surface area contributed by atoms with Crippen LogP contribution < -0.4 is 0 Å². The van der Waals surface area contributed by atoms with Gasteiger partial charge in [-0.05, 0) is 17.7 Å². The van der Waals surface area contributed by atoms with Crippen LogP contribution in [0.4, 0.5) is 0 Å². The maximum atomic E-state index is 8.95. The molecule has 0 spiro atoms. The minimum absolute atomic E-state index is 0.656. The average Bonchev–Trinajstić information content (AvgIpc) is 3.50. The number of aromatic nitrogens is 2. The molecule has 3 aromatic carbocycles. The molecule has 5 rings (SSSR count). The molecule has 2 heterocycles. The van der Waals surface area contributed by atoms with Gasteiger partial charge in [-0.1, -0.05) is 66.7 Å². The Morgan fingerprint density at radius 3 is 2.10 bits per heavy atom. The minimum atomic E-state index is 0.656. The molecule has 0 atom stereocenters. The molecule has 0 unspecified atom stereocenters. The van der Waals surface area contributed by atoms with Gasteiger partial charge in [-0.2, -0.15) is 5.26 Å². The predicted octanol–water partition coefficient (Wildman–Crippen LogP) is 7.14. The summed E-state index contributed by atoms with van der Waals surface area (Å²) in [5.74, 6) is 0. The summed E-state index contributed by atoms with van der Waals surface area (Å²) in [5, 5.41) is 13.0. The summed E-state index contributed by atoms with van der Waals surface area (Å²) in [6.07, 6.45) is 1.94. The zero-order valence-corrected chi connectivity index (χ0v) is 17.5. The highest BCUT2D eigenvalue weighted by atomic mass is 32.1. The van der Waals surface area contributed by atoms with Crippen molar-refractivity contribution in [1.29, 1.82) is 5.26 Å². The van der Waals surface area contributed by atoms with Gasteiger partial charge < -0.3 is 0 Å². The molecule has 0 N–H and O–H groups in total. The van der Waals surface area contributed by atoms with Crippen LogP contribution in [0.2, 0.25) is 0 Å². The highest BCUT2D eigenvalue weighted by molar-refractivity contribution is 7.18. The van der Waals surface area contributed by atoms with E-state index in [2.05, 4.69) is 52.8 Å². The summed E-state index contributed by atoms with van der Waals surface area (Å²) in [6, 6.07) is 28.4. The van der Waals surface area contributed by atoms with Crippen molar-refractivity contribution in [3.63, 3.8) is 0 Å². The smallest absolute Gasteiger partial charge is 0.124 e. The zero-order chi connectivity index (χ0) is 20.3. The normalized spacial score (nSPS) is 10.6. The lowest BCUT2D eigenvalue weighted by Gasteiger charge is -2.00. The van der Waals surface area contributed by atoms with E-state index in [4.69, 9.17) is 10.2 Å². The van der Waals surface area contributed by atoms with Gasteiger partial charge in [-0.3, -0.25) is 0 Å². The van der Waals surface area contributed by atoms with Crippen molar-refractivity contribution < 1.29 is 0 Å². The zero-order valence-electron chi connectivity index (χ0n) is 15.8. The van der Waals surface area contributed by atoms with Crippen molar-refractivity contribution in [3.8, 4) is 48.9 Å². The van der Waals surface area contributed by atoms with Gasteiger partial charge in [-0.25, -0.2) is 9.97 Å². The van der Waals surface area contributed by atoms with Gasteiger partial charge in [-0.15, -0.1) is 22.7 Å². The topological polar surface area (TPSA) is 49.6 Å². The molecule has 142 valence electrons. The molecule has 5 aromatic rings. The van der Waals surface area contributed by atoms with Crippen LogP contribution in [0, 0.1) is 11.3 Å². The highest BCUT2D eigenvalue weighted by Gasteiger charge is 2.09. The third-order valence-electron chi connectivity index (χ3n) is 4.76. The fourth-order valence-electron chi connectivity index (χ4n) is 3.15. The largest absolute Gasteiger partial charge is 0.244 e. The Morgan fingerprint density at radius 2 is 1.37 bits per heavy atom. The Morgan fingerprint density at radius 1 is 0.700 bits per heavy atom. The van der Waals surface area contributed by atoms with Crippen molar-refractivity contribution in [2.75, 3.05) is 0 Å². The molecule has 0 bridgehead atoms. The van der Waals surface area contributed by atoms with Crippen LogP contribution in [-0.4, -0.2) is 9.97 Å². The molecule has 0 radical (unpaired) electrons. The number of nitrogens with zero attached hydrogens (tertiary/aromatic N) is 3. The lowest BCUT2D eigenvalue weighted by atomic mass is 10.1. The molecule has 30 heavy (non-hydrogen) atoms. The summed E-state index contributed by atoms with van der Waals surface area (Å²) in [6.45, 7) is 0. The molecule has 2 aromatic heterocycles. The molecular weight excluding hydrogens is 406 g/mol. The monoisotopic (exact) mass is 421 g/mol. The Kier molecular flexibility index (Phi) is 4.94. The fraction of sp³-hybridized carbons (Fsp3) is 0. The maximum absolute atomic E-state index is 8.95. The summed E-state index contributed by atoms with van der Waals surface area (Å²) >= 11 is 3.32. The van der Waals surface area contributed by atoms with E-state index in [0.29, 0.717) is 5.56 Å². The molecule has 0 saturated heterocycles. The van der Waals surface area contributed by atoms with Gasteiger partial charge in [0, 0.05) is 28.3 Å². The number of benzene rings is 3. The van der Waals surface area contributed by atoms with Crippen LogP contribution in [0.25, 0.3) is 42.8 Å². The second-order valence-corrected chi connectivity index (χ2v) is 8.59. The second kappa shape index (κ2) is 8.03. The van der Waals surface area contributed by atoms with Crippen LogP contribution in [-0.2, 0) is 0 Å². The van der Waals surface area contributed by atoms with E-state index < -0.39 is 0 Å². The van der Waals surface area contributed by atoms with Gasteiger partial charge in [0.25, 0.3) is 0 Å².